The molecule has 8 heteroatoms. The summed E-state index contributed by atoms with van der Waals surface area (Å²) >= 11 is 5.77. The predicted octanol–water partition coefficient (Wildman–Crippen LogP) is 2.08. The van der Waals surface area contributed by atoms with Crippen molar-refractivity contribution in [1.82, 2.24) is 14.2 Å². The van der Waals surface area contributed by atoms with Crippen molar-refractivity contribution in [2.75, 3.05) is 20.4 Å². The first kappa shape index (κ1) is 15.6. The van der Waals surface area contributed by atoms with Gasteiger partial charge in [-0.3, -0.25) is 0 Å². The van der Waals surface area contributed by atoms with E-state index in [1.807, 2.05) is 0 Å². The molecular weight excluding hydrogens is 272 g/mol. The summed E-state index contributed by atoms with van der Waals surface area (Å²) < 4.78 is 6.12. The van der Waals surface area contributed by atoms with Crippen molar-refractivity contribution in [3.05, 3.63) is 0 Å². The fourth-order valence-corrected chi connectivity index (χ4v) is 1.71. The van der Waals surface area contributed by atoms with E-state index in [2.05, 4.69) is 4.99 Å². The average Bonchev–Trinajstić information content (AvgIpc) is 2.22. The summed E-state index contributed by atoms with van der Waals surface area (Å²) in [6.07, 6.45) is -0.661. The smallest absolute Gasteiger partial charge is 0.435 e. The van der Waals surface area contributed by atoms with Gasteiger partial charge in [0.15, 0.2) is 0 Å². The summed E-state index contributed by atoms with van der Waals surface area (Å²) in [4.78, 5) is 30.0. The number of nitrogens with zero attached hydrogens (tertiary/aromatic N) is 4. The highest BCUT2D eigenvalue weighted by Gasteiger charge is 2.28. The van der Waals surface area contributed by atoms with Crippen molar-refractivity contribution >= 4 is 29.7 Å². The number of hydrogen-bond acceptors (Lipinski definition) is 3. The van der Waals surface area contributed by atoms with Crippen LogP contribution in [0.15, 0.2) is 4.99 Å². The SMILES string of the molecule is CC(=NC(=O)OC(C)(C)C)N1CN(C)C(=O)N(Cl)C1. The fourth-order valence-electron chi connectivity index (χ4n) is 1.45. The number of amidine groups is 1. The normalized spacial score (nSPS) is 17.9. The molecule has 1 fully saturated rings. The number of rotatable bonds is 0. The highest BCUT2D eigenvalue weighted by atomic mass is 35.5. The zero-order valence-electron chi connectivity index (χ0n) is 11.8. The number of aliphatic imine (C=N–C) groups is 1. The lowest BCUT2D eigenvalue weighted by Gasteiger charge is -2.37. The summed E-state index contributed by atoms with van der Waals surface area (Å²) in [6.45, 7) is 7.46. The minimum atomic E-state index is -0.661. The van der Waals surface area contributed by atoms with Gasteiger partial charge in [0.25, 0.3) is 0 Å². The van der Waals surface area contributed by atoms with Gasteiger partial charge >= 0.3 is 12.1 Å². The summed E-state index contributed by atoms with van der Waals surface area (Å²) in [5, 5.41) is 0. The lowest BCUT2D eigenvalue weighted by atomic mass is 10.2. The molecule has 1 heterocycles. The van der Waals surface area contributed by atoms with Crippen LogP contribution in [0.1, 0.15) is 27.7 Å². The number of carbonyl (C=O) groups is 2. The molecule has 19 heavy (non-hydrogen) atoms. The quantitative estimate of drug-likeness (QED) is 0.389. The maximum atomic E-state index is 11.6. The zero-order chi connectivity index (χ0) is 14.8. The molecule has 3 amide bonds. The summed E-state index contributed by atoms with van der Waals surface area (Å²) in [6, 6.07) is -0.289. The second-order valence-corrected chi connectivity index (χ2v) is 5.71. The lowest BCUT2D eigenvalue weighted by molar-refractivity contribution is 0.0599. The minimum absolute atomic E-state index is 0.170. The molecule has 0 aromatic carbocycles. The van der Waals surface area contributed by atoms with Gasteiger partial charge in [0.1, 0.15) is 18.1 Å². The van der Waals surface area contributed by atoms with E-state index in [4.69, 9.17) is 16.5 Å². The molecule has 0 N–H and O–H groups in total. The Morgan fingerprint density at radius 1 is 1.37 bits per heavy atom. The summed E-state index contributed by atoms with van der Waals surface area (Å²) in [5.74, 6) is 0.444. The van der Waals surface area contributed by atoms with Crippen molar-refractivity contribution in [1.29, 1.82) is 0 Å². The van der Waals surface area contributed by atoms with E-state index in [9.17, 15) is 9.59 Å². The van der Waals surface area contributed by atoms with E-state index in [0.717, 1.165) is 4.42 Å². The highest BCUT2D eigenvalue weighted by molar-refractivity contribution is 6.21. The third kappa shape index (κ3) is 4.59. The topological polar surface area (TPSA) is 65.5 Å². The van der Waals surface area contributed by atoms with Crippen LogP contribution >= 0.6 is 11.8 Å². The maximum absolute atomic E-state index is 11.6. The first-order chi connectivity index (χ1) is 8.60. The number of amides is 3. The minimum Gasteiger partial charge on any atom is -0.442 e. The van der Waals surface area contributed by atoms with E-state index in [0.29, 0.717) is 12.5 Å². The van der Waals surface area contributed by atoms with Crippen molar-refractivity contribution in [3.8, 4) is 0 Å². The highest BCUT2D eigenvalue weighted by Crippen LogP contribution is 2.12. The largest absolute Gasteiger partial charge is 0.442 e. The van der Waals surface area contributed by atoms with Crippen molar-refractivity contribution < 1.29 is 14.3 Å². The molecule has 0 aliphatic carbocycles. The third-order valence-corrected chi connectivity index (χ3v) is 2.57. The standard InChI is InChI=1S/C11H19ClN4O3/c1-8(13-9(17)19-11(2,3)4)15-6-14(5)10(18)16(12)7-15/h6-7H2,1-5H3. The van der Waals surface area contributed by atoms with Crippen LogP contribution in [0, 0.1) is 0 Å². The van der Waals surface area contributed by atoms with Gasteiger partial charge in [0.2, 0.25) is 0 Å². The molecule has 7 nitrogen and oxygen atoms in total. The third-order valence-electron chi connectivity index (χ3n) is 2.32. The predicted molar refractivity (Wildman–Crippen MR) is 71.8 cm³/mol. The number of halogens is 1. The first-order valence-electron chi connectivity index (χ1n) is 5.82. The molecule has 1 aliphatic heterocycles. The van der Waals surface area contributed by atoms with Gasteiger partial charge < -0.3 is 14.5 Å². The van der Waals surface area contributed by atoms with Crippen LogP contribution in [-0.2, 0) is 4.74 Å². The molecule has 1 rings (SSSR count). The van der Waals surface area contributed by atoms with E-state index in [1.54, 1.807) is 39.6 Å². The Bertz CT molecular complexity index is 391. The Kier molecular flexibility index (Phi) is 4.62. The molecule has 0 radical (unpaired) electrons. The van der Waals surface area contributed by atoms with Gasteiger partial charge in [-0.15, -0.1) is 0 Å². The van der Waals surface area contributed by atoms with Gasteiger partial charge in [-0.1, -0.05) is 0 Å². The molecule has 0 atom stereocenters. The van der Waals surface area contributed by atoms with Gasteiger partial charge in [0.05, 0.1) is 6.67 Å². The first-order valence-corrected chi connectivity index (χ1v) is 6.15. The van der Waals surface area contributed by atoms with E-state index >= 15 is 0 Å². The van der Waals surface area contributed by atoms with E-state index in [1.165, 1.54) is 4.90 Å². The van der Waals surface area contributed by atoms with Gasteiger partial charge in [-0.25, -0.2) is 14.0 Å². The average molecular weight is 291 g/mol. The molecule has 1 aliphatic rings. The molecular formula is C11H19ClN4O3. The second-order valence-electron chi connectivity index (χ2n) is 5.30. The lowest BCUT2D eigenvalue weighted by Crippen LogP contribution is -2.54. The molecule has 0 spiro atoms. The molecule has 0 aromatic heterocycles. The van der Waals surface area contributed by atoms with Crippen LogP contribution in [0.2, 0.25) is 0 Å². The van der Waals surface area contributed by atoms with Crippen LogP contribution in [-0.4, -0.2) is 58.2 Å². The van der Waals surface area contributed by atoms with E-state index < -0.39 is 11.7 Å². The maximum Gasteiger partial charge on any atom is 0.435 e. The molecule has 0 unspecified atom stereocenters. The van der Waals surface area contributed by atoms with Gasteiger partial charge in [-0.05, 0) is 27.7 Å². The van der Waals surface area contributed by atoms with Crippen LogP contribution in [0.25, 0.3) is 0 Å². The molecule has 0 bridgehead atoms. The Morgan fingerprint density at radius 3 is 2.42 bits per heavy atom. The molecule has 1 saturated heterocycles. The second kappa shape index (κ2) is 5.64. The number of ether oxygens (including phenoxy) is 1. The Hall–Kier alpha value is -1.50. The summed E-state index contributed by atoms with van der Waals surface area (Å²) in [5.41, 5.74) is -0.589. The number of hydrogen-bond donors (Lipinski definition) is 0. The number of carbonyl (C=O) groups excluding carboxylic acids is 2. The van der Waals surface area contributed by atoms with Crippen LogP contribution in [0.5, 0.6) is 0 Å². The van der Waals surface area contributed by atoms with Crippen molar-refractivity contribution in [2.45, 2.75) is 33.3 Å². The fraction of sp³-hybridized carbons (Fsp3) is 0.727. The molecule has 108 valence electrons. The van der Waals surface area contributed by atoms with Gasteiger partial charge in [0, 0.05) is 18.8 Å². The molecule has 0 saturated carbocycles. The summed E-state index contributed by atoms with van der Waals surface area (Å²) in [7, 11) is 1.62. The Balaban J connectivity index is 2.70. The number of urea groups is 1. The van der Waals surface area contributed by atoms with Crippen LogP contribution in [0.4, 0.5) is 9.59 Å². The van der Waals surface area contributed by atoms with Crippen molar-refractivity contribution in [2.24, 2.45) is 4.99 Å². The zero-order valence-corrected chi connectivity index (χ0v) is 12.6. The Morgan fingerprint density at radius 2 is 1.95 bits per heavy atom. The van der Waals surface area contributed by atoms with E-state index in [-0.39, 0.29) is 12.7 Å². The van der Waals surface area contributed by atoms with Crippen molar-refractivity contribution in [3.63, 3.8) is 0 Å². The van der Waals surface area contributed by atoms with Gasteiger partial charge in [-0.2, -0.15) is 4.99 Å². The molecule has 0 aromatic rings. The monoisotopic (exact) mass is 290 g/mol. The Labute approximate surface area is 117 Å². The van der Waals surface area contributed by atoms with Crippen LogP contribution < -0.4 is 0 Å². The van der Waals surface area contributed by atoms with Crippen LogP contribution in [0.3, 0.4) is 0 Å².